The normalized spacial score (nSPS) is 15.5. The molecule has 26 heavy (non-hydrogen) atoms. The van der Waals surface area contributed by atoms with E-state index in [4.69, 9.17) is 0 Å². The number of nitrogens with zero attached hydrogens (tertiary/aromatic N) is 7. The monoisotopic (exact) mass is 356 g/mol. The molecule has 0 saturated carbocycles. The Bertz CT molecular complexity index is 859. The third-order valence-electron chi connectivity index (χ3n) is 4.59. The zero-order valence-corrected chi connectivity index (χ0v) is 14.4. The minimum absolute atomic E-state index is 0.141. The van der Waals surface area contributed by atoms with Crippen LogP contribution in [0.3, 0.4) is 0 Å². The Morgan fingerprint density at radius 3 is 2.73 bits per heavy atom. The maximum Gasteiger partial charge on any atom is 0.200 e. The zero-order valence-electron chi connectivity index (χ0n) is 14.4. The number of rotatable bonds is 6. The van der Waals surface area contributed by atoms with Gasteiger partial charge in [-0.1, -0.05) is 12.1 Å². The Morgan fingerprint density at radius 1 is 1.04 bits per heavy atom. The first-order chi connectivity index (χ1) is 12.8. The average Bonchev–Trinajstić information content (AvgIpc) is 3.14. The molecule has 3 heterocycles. The summed E-state index contributed by atoms with van der Waals surface area (Å²) >= 11 is 0. The summed E-state index contributed by atoms with van der Waals surface area (Å²) in [5, 5.41) is 18.8. The van der Waals surface area contributed by atoms with E-state index in [0.717, 1.165) is 51.5 Å². The maximum atomic E-state index is 13.9. The SMILES string of the molecule is Fc1ccccc1N1CCN(CCCNc2ccc3nnnn3n2)CC1. The lowest BCUT2D eigenvalue weighted by Gasteiger charge is -2.36. The van der Waals surface area contributed by atoms with Crippen molar-refractivity contribution < 1.29 is 4.39 Å². The Hall–Kier alpha value is -2.81. The van der Waals surface area contributed by atoms with Crippen molar-refractivity contribution >= 4 is 17.2 Å². The van der Waals surface area contributed by atoms with Gasteiger partial charge in [-0.3, -0.25) is 4.90 Å². The van der Waals surface area contributed by atoms with Crippen molar-refractivity contribution in [1.29, 1.82) is 0 Å². The van der Waals surface area contributed by atoms with Crippen LogP contribution in [-0.2, 0) is 0 Å². The molecular weight excluding hydrogens is 335 g/mol. The highest BCUT2D eigenvalue weighted by Gasteiger charge is 2.18. The number of para-hydroxylation sites is 1. The van der Waals surface area contributed by atoms with Gasteiger partial charge in [-0.15, -0.1) is 14.8 Å². The quantitative estimate of drug-likeness (QED) is 0.667. The number of anilines is 2. The van der Waals surface area contributed by atoms with Crippen molar-refractivity contribution in [2.45, 2.75) is 6.42 Å². The molecule has 1 aromatic carbocycles. The van der Waals surface area contributed by atoms with E-state index in [1.165, 1.54) is 10.7 Å². The topological polar surface area (TPSA) is 74.5 Å². The fourth-order valence-electron chi connectivity index (χ4n) is 3.18. The molecule has 0 atom stereocenters. The fraction of sp³-hybridized carbons (Fsp3) is 0.412. The minimum atomic E-state index is -0.141. The van der Waals surface area contributed by atoms with Crippen LogP contribution in [0, 0.1) is 5.82 Å². The predicted molar refractivity (Wildman–Crippen MR) is 96.7 cm³/mol. The second-order valence-corrected chi connectivity index (χ2v) is 6.31. The van der Waals surface area contributed by atoms with E-state index >= 15 is 0 Å². The first-order valence-electron chi connectivity index (χ1n) is 8.81. The molecule has 1 aliphatic heterocycles. The highest BCUT2D eigenvalue weighted by atomic mass is 19.1. The first kappa shape index (κ1) is 16.6. The molecule has 0 aliphatic carbocycles. The van der Waals surface area contributed by atoms with Crippen molar-refractivity contribution in [3.8, 4) is 0 Å². The minimum Gasteiger partial charge on any atom is -0.369 e. The molecule has 2 aromatic heterocycles. The van der Waals surface area contributed by atoms with Crippen LogP contribution in [0.1, 0.15) is 6.42 Å². The number of benzene rings is 1. The summed E-state index contributed by atoms with van der Waals surface area (Å²) < 4.78 is 15.3. The predicted octanol–water partition coefficient (Wildman–Crippen LogP) is 1.28. The summed E-state index contributed by atoms with van der Waals surface area (Å²) in [5.74, 6) is 0.617. The standard InChI is InChI=1S/C17H21FN8/c18-14-4-1-2-5-15(14)25-12-10-24(11-13-25)9-3-8-19-16-6-7-17-20-22-23-26(17)21-16/h1-2,4-7H,3,8-13H2,(H,19,21). The van der Waals surface area contributed by atoms with Crippen LogP contribution < -0.4 is 10.2 Å². The van der Waals surface area contributed by atoms with Crippen LogP contribution in [0.25, 0.3) is 5.65 Å². The van der Waals surface area contributed by atoms with Crippen molar-refractivity contribution in [3.05, 3.63) is 42.2 Å². The van der Waals surface area contributed by atoms with Gasteiger partial charge in [0.1, 0.15) is 11.6 Å². The summed E-state index contributed by atoms with van der Waals surface area (Å²) in [5.41, 5.74) is 1.33. The number of aromatic nitrogens is 5. The molecule has 1 saturated heterocycles. The Morgan fingerprint density at radius 2 is 1.88 bits per heavy atom. The third kappa shape index (κ3) is 3.72. The lowest BCUT2D eigenvalue weighted by atomic mass is 10.2. The van der Waals surface area contributed by atoms with Gasteiger partial charge in [0.25, 0.3) is 0 Å². The summed E-state index contributed by atoms with van der Waals surface area (Å²) in [7, 11) is 0. The average molecular weight is 356 g/mol. The molecule has 0 spiro atoms. The summed E-state index contributed by atoms with van der Waals surface area (Å²) in [6, 6.07) is 10.7. The Balaban J connectivity index is 1.20. The molecule has 3 aromatic rings. The van der Waals surface area contributed by atoms with Crippen LogP contribution in [0.5, 0.6) is 0 Å². The van der Waals surface area contributed by atoms with Crippen molar-refractivity contribution in [2.75, 3.05) is 49.5 Å². The van der Waals surface area contributed by atoms with Crippen LogP contribution in [0.2, 0.25) is 0 Å². The lowest BCUT2D eigenvalue weighted by molar-refractivity contribution is 0.256. The van der Waals surface area contributed by atoms with Gasteiger partial charge in [0.05, 0.1) is 5.69 Å². The largest absolute Gasteiger partial charge is 0.369 e. The molecule has 0 amide bonds. The van der Waals surface area contributed by atoms with E-state index in [-0.39, 0.29) is 5.82 Å². The van der Waals surface area contributed by atoms with Gasteiger partial charge in [-0.2, -0.15) is 0 Å². The summed E-state index contributed by atoms with van der Waals surface area (Å²) in [6.45, 7) is 5.43. The lowest BCUT2D eigenvalue weighted by Crippen LogP contribution is -2.47. The fourth-order valence-corrected chi connectivity index (χ4v) is 3.18. The van der Waals surface area contributed by atoms with Crippen LogP contribution in [-0.4, -0.2) is 69.4 Å². The van der Waals surface area contributed by atoms with Gasteiger partial charge in [-0.25, -0.2) is 4.39 Å². The van der Waals surface area contributed by atoms with E-state index in [2.05, 4.69) is 35.7 Å². The number of fused-ring (bicyclic) bond motifs is 1. The zero-order chi connectivity index (χ0) is 17.8. The van der Waals surface area contributed by atoms with Crippen LogP contribution in [0.4, 0.5) is 15.9 Å². The van der Waals surface area contributed by atoms with E-state index in [9.17, 15) is 4.39 Å². The third-order valence-corrected chi connectivity index (χ3v) is 4.59. The molecular formula is C17H21FN8. The van der Waals surface area contributed by atoms with Crippen molar-refractivity contribution in [1.82, 2.24) is 30.2 Å². The molecule has 1 aliphatic rings. The molecule has 9 heteroatoms. The van der Waals surface area contributed by atoms with E-state index in [1.54, 1.807) is 6.07 Å². The number of piperazine rings is 1. The van der Waals surface area contributed by atoms with E-state index in [0.29, 0.717) is 11.3 Å². The van der Waals surface area contributed by atoms with Gasteiger partial charge >= 0.3 is 0 Å². The number of nitrogens with one attached hydrogen (secondary N) is 1. The second-order valence-electron chi connectivity index (χ2n) is 6.31. The van der Waals surface area contributed by atoms with Gasteiger partial charge in [0.15, 0.2) is 5.65 Å². The molecule has 0 unspecified atom stereocenters. The van der Waals surface area contributed by atoms with Crippen LogP contribution in [0.15, 0.2) is 36.4 Å². The Labute approximate surface area is 150 Å². The van der Waals surface area contributed by atoms with Gasteiger partial charge in [-0.05, 0) is 47.7 Å². The highest BCUT2D eigenvalue weighted by molar-refractivity contribution is 5.48. The maximum absolute atomic E-state index is 13.9. The van der Waals surface area contributed by atoms with Gasteiger partial charge < -0.3 is 10.2 Å². The van der Waals surface area contributed by atoms with Gasteiger partial charge in [0.2, 0.25) is 0 Å². The van der Waals surface area contributed by atoms with Crippen LogP contribution >= 0.6 is 0 Å². The molecule has 136 valence electrons. The summed E-state index contributed by atoms with van der Waals surface area (Å²) in [6.07, 6.45) is 1.01. The van der Waals surface area contributed by atoms with E-state index in [1.807, 2.05) is 24.3 Å². The smallest absolute Gasteiger partial charge is 0.200 e. The second kappa shape index (κ2) is 7.61. The summed E-state index contributed by atoms with van der Waals surface area (Å²) in [4.78, 5) is 4.53. The Kier molecular flexibility index (Phi) is 4.87. The number of hydrogen-bond acceptors (Lipinski definition) is 7. The molecule has 1 N–H and O–H groups in total. The molecule has 0 bridgehead atoms. The number of halogens is 1. The highest BCUT2D eigenvalue weighted by Crippen LogP contribution is 2.20. The van der Waals surface area contributed by atoms with Crippen molar-refractivity contribution in [2.24, 2.45) is 0 Å². The van der Waals surface area contributed by atoms with Gasteiger partial charge in [0, 0.05) is 32.7 Å². The van der Waals surface area contributed by atoms with E-state index < -0.39 is 0 Å². The number of hydrogen-bond donors (Lipinski definition) is 1. The number of tetrazole rings is 1. The molecule has 1 fully saturated rings. The first-order valence-corrected chi connectivity index (χ1v) is 8.81. The molecule has 4 rings (SSSR count). The molecule has 0 radical (unpaired) electrons. The van der Waals surface area contributed by atoms with Crippen molar-refractivity contribution in [3.63, 3.8) is 0 Å². The molecule has 8 nitrogen and oxygen atoms in total.